The highest BCUT2D eigenvalue weighted by atomic mass is 16.6. The molecule has 1 aliphatic rings. The van der Waals surface area contributed by atoms with Crippen LogP contribution >= 0.6 is 0 Å². The van der Waals surface area contributed by atoms with Gasteiger partial charge < -0.3 is 9.47 Å². The fourth-order valence-corrected chi connectivity index (χ4v) is 3.38. The number of allylic oxidation sites excluding steroid dienone is 1. The first-order valence-electron chi connectivity index (χ1n) is 8.62. The molecule has 1 amide bonds. The molecule has 0 saturated carbocycles. The van der Waals surface area contributed by atoms with Crippen LogP contribution in [0.2, 0.25) is 0 Å². The Morgan fingerprint density at radius 2 is 1.88 bits per heavy atom. The van der Waals surface area contributed by atoms with Gasteiger partial charge in [-0.2, -0.15) is 0 Å². The Hall–Kier alpha value is -1.56. The van der Waals surface area contributed by atoms with Gasteiger partial charge in [0.2, 0.25) is 0 Å². The SMILES string of the molecule is C=CC[C@H]1[C@@H](C(=O)OC)N(C(=O)OC(C)(C)C)C[C@@H]1N(CC)CC. The van der Waals surface area contributed by atoms with E-state index in [-0.39, 0.29) is 12.0 Å². The molecule has 0 spiro atoms. The Labute approximate surface area is 145 Å². The van der Waals surface area contributed by atoms with Crippen LogP contribution in [0.3, 0.4) is 0 Å². The predicted molar refractivity (Wildman–Crippen MR) is 93.8 cm³/mol. The van der Waals surface area contributed by atoms with E-state index in [0.717, 1.165) is 13.1 Å². The van der Waals surface area contributed by atoms with Gasteiger partial charge in [-0.1, -0.05) is 19.9 Å². The van der Waals surface area contributed by atoms with Crippen LogP contribution in [0.15, 0.2) is 12.7 Å². The summed E-state index contributed by atoms with van der Waals surface area (Å²) in [4.78, 5) is 28.8. The molecule has 0 aromatic rings. The minimum absolute atomic E-state index is 0.0534. The highest BCUT2D eigenvalue weighted by Crippen LogP contribution is 2.33. The van der Waals surface area contributed by atoms with Crippen LogP contribution in [0, 0.1) is 5.92 Å². The molecule has 1 aliphatic heterocycles. The second kappa shape index (κ2) is 8.51. The lowest BCUT2D eigenvalue weighted by Gasteiger charge is -2.30. The summed E-state index contributed by atoms with van der Waals surface area (Å²) in [5.74, 6) is -0.454. The molecule has 1 fully saturated rings. The summed E-state index contributed by atoms with van der Waals surface area (Å²) in [5.41, 5.74) is -0.612. The van der Waals surface area contributed by atoms with Gasteiger partial charge in [0.1, 0.15) is 11.6 Å². The van der Waals surface area contributed by atoms with E-state index in [9.17, 15) is 9.59 Å². The highest BCUT2D eigenvalue weighted by Gasteiger charge is 2.50. The van der Waals surface area contributed by atoms with E-state index in [0.29, 0.717) is 13.0 Å². The van der Waals surface area contributed by atoms with Crippen molar-refractivity contribution in [3.8, 4) is 0 Å². The van der Waals surface area contributed by atoms with Gasteiger partial charge in [0.05, 0.1) is 7.11 Å². The number of amides is 1. The van der Waals surface area contributed by atoms with Crippen molar-refractivity contribution in [1.82, 2.24) is 9.80 Å². The van der Waals surface area contributed by atoms with Crippen molar-refractivity contribution in [1.29, 1.82) is 0 Å². The summed E-state index contributed by atoms with van der Waals surface area (Å²) in [6.07, 6.45) is 1.97. The number of nitrogens with zero attached hydrogens (tertiary/aromatic N) is 2. The summed E-state index contributed by atoms with van der Waals surface area (Å²) in [5, 5.41) is 0. The maximum Gasteiger partial charge on any atom is 0.411 e. The second-order valence-corrected chi connectivity index (χ2v) is 7.08. The van der Waals surface area contributed by atoms with E-state index in [1.807, 2.05) is 20.8 Å². The standard InChI is InChI=1S/C18H32N2O4/c1-8-11-13-14(19(9-2)10-3)12-20(15(13)16(21)23-7)17(22)24-18(4,5)6/h8,13-15H,1,9-12H2,2-7H3/t13-,14+,15+/m1/s1. The number of likely N-dealkylation sites (tertiary alicyclic amines) is 1. The largest absolute Gasteiger partial charge is 0.467 e. The maximum atomic E-state index is 12.6. The van der Waals surface area contributed by atoms with Crippen LogP contribution in [-0.2, 0) is 14.3 Å². The fourth-order valence-electron chi connectivity index (χ4n) is 3.38. The van der Waals surface area contributed by atoms with Crippen molar-refractivity contribution in [2.24, 2.45) is 5.92 Å². The molecule has 0 N–H and O–H groups in total. The number of esters is 1. The first-order chi connectivity index (χ1) is 11.2. The number of methoxy groups -OCH3 is 1. The third-order valence-corrected chi connectivity index (χ3v) is 4.41. The fraction of sp³-hybridized carbons (Fsp3) is 0.778. The van der Waals surface area contributed by atoms with Gasteiger partial charge in [-0.25, -0.2) is 9.59 Å². The Morgan fingerprint density at radius 1 is 1.29 bits per heavy atom. The molecule has 1 saturated heterocycles. The number of carbonyl (C=O) groups excluding carboxylic acids is 2. The minimum atomic E-state index is -0.645. The van der Waals surface area contributed by atoms with Crippen LogP contribution in [0.5, 0.6) is 0 Å². The van der Waals surface area contributed by atoms with E-state index in [2.05, 4.69) is 25.3 Å². The maximum absolute atomic E-state index is 12.6. The van der Waals surface area contributed by atoms with Gasteiger partial charge in [-0.15, -0.1) is 6.58 Å². The molecule has 0 aliphatic carbocycles. The Kier molecular flexibility index (Phi) is 7.27. The van der Waals surface area contributed by atoms with Gasteiger partial charge >= 0.3 is 12.1 Å². The van der Waals surface area contributed by atoms with Gasteiger partial charge in [-0.05, 0) is 40.3 Å². The average molecular weight is 340 g/mol. The van der Waals surface area contributed by atoms with Crippen LogP contribution in [0.25, 0.3) is 0 Å². The molecule has 1 rings (SSSR count). The summed E-state index contributed by atoms with van der Waals surface area (Å²) < 4.78 is 10.5. The Balaban J connectivity index is 3.18. The zero-order chi connectivity index (χ0) is 18.5. The number of likely N-dealkylation sites (N-methyl/N-ethyl adjacent to an activating group) is 1. The third-order valence-electron chi connectivity index (χ3n) is 4.41. The first kappa shape index (κ1) is 20.5. The third kappa shape index (κ3) is 4.72. The number of carbonyl (C=O) groups is 2. The van der Waals surface area contributed by atoms with Crippen molar-refractivity contribution in [2.45, 2.75) is 58.7 Å². The number of rotatable bonds is 6. The van der Waals surface area contributed by atoms with Crippen molar-refractivity contribution in [3.63, 3.8) is 0 Å². The molecule has 24 heavy (non-hydrogen) atoms. The predicted octanol–water partition coefficient (Wildman–Crippen LogP) is 2.68. The molecular formula is C18H32N2O4. The summed E-state index contributed by atoms with van der Waals surface area (Å²) in [6.45, 7) is 15.6. The van der Waals surface area contributed by atoms with Gasteiger partial charge in [0.15, 0.2) is 0 Å². The van der Waals surface area contributed by atoms with Crippen LogP contribution < -0.4 is 0 Å². The monoisotopic (exact) mass is 340 g/mol. The molecule has 0 bridgehead atoms. The van der Waals surface area contributed by atoms with E-state index in [4.69, 9.17) is 9.47 Å². The van der Waals surface area contributed by atoms with E-state index < -0.39 is 23.7 Å². The van der Waals surface area contributed by atoms with E-state index >= 15 is 0 Å². The average Bonchev–Trinajstić information content (AvgIpc) is 2.86. The molecule has 0 aromatic heterocycles. The van der Waals surface area contributed by atoms with Gasteiger partial charge in [0.25, 0.3) is 0 Å². The van der Waals surface area contributed by atoms with Crippen molar-refractivity contribution in [3.05, 3.63) is 12.7 Å². The number of ether oxygens (including phenoxy) is 2. The lowest BCUT2D eigenvalue weighted by atomic mass is 9.91. The molecule has 0 radical (unpaired) electrons. The van der Waals surface area contributed by atoms with Gasteiger partial charge in [0, 0.05) is 18.5 Å². The lowest BCUT2D eigenvalue weighted by Crippen LogP contribution is -2.46. The number of hydrogen-bond donors (Lipinski definition) is 0. The number of hydrogen-bond acceptors (Lipinski definition) is 5. The van der Waals surface area contributed by atoms with Gasteiger partial charge in [-0.3, -0.25) is 9.80 Å². The molecule has 0 unspecified atom stereocenters. The van der Waals surface area contributed by atoms with Crippen LogP contribution in [-0.4, -0.2) is 66.3 Å². The molecule has 3 atom stereocenters. The quantitative estimate of drug-likeness (QED) is 0.549. The minimum Gasteiger partial charge on any atom is -0.467 e. The Morgan fingerprint density at radius 3 is 2.29 bits per heavy atom. The molecule has 1 heterocycles. The van der Waals surface area contributed by atoms with Crippen LogP contribution in [0.4, 0.5) is 4.79 Å². The molecule has 6 heteroatoms. The lowest BCUT2D eigenvalue weighted by molar-refractivity contribution is -0.147. The molecule has 138 valence electrons. The van der Waals surface area contributed by atoms with Crippen LogP contribution in [0.1, 0.15) is 41.0 Å². The first-order valence-corrected chi connectivity index (χ1v) is 8.62. The normalized spacial score (nSPS) is 24.1. The zero-order valence-electron chi connectivity index (χ0n) is 15.9. The molecular weight excluding hydrogens is 308 g/mol. The summed E-state index contributed by atoms with van der Waals surface area (Å²) in [6, 6.07) is -0.567. The summed E-state index contributed by atoms with van der Waals surface area (Å²) >= 11 is 0. The second-order valence-electron chi connectivity index (χ2n) is 7.08. The Bertz CT molecular complexity index is 454. The van der Waals surface area contributed by atoms with Crippen molar-refractivity contribution >= 4 is 12.1 Å². The molecule has 6 nitrogen and oxygen atoms in total. The smallest absolute Gasteiger partial charge is 0.411 e. The summed E-state index contributed by atoms with van der Waals surface area (Å²) in [7, 11) is 1.35. The van der Waals surface area contributed by atoms with E-state index in [1.54, 1.807) is 6.08 Å². The zero-order valence-corrected chi connectivity index (χ0v) is 15.9. The van der Waals surface area contributed by atoms with Crippen molar-refractivity contribution in [2.75, 3.05) is 26.7 Å². The molecule has 0 aromatic carbocycles. The van der Waals surface area contributed by atoms with Crippen molar-refractivity contribution < 1.29 is 19.1 Å². The topological polar surface area (TPSA) is 59.1 Å². The highest BCUT2D eigenvalue weighted by molar-refractivity contribution is 5.83. The van der Waals surface area contributed by atoms with E-state index in [1.165, 1.54) is 12.0 Å².